The Morgan fingerprint density at radius 3 is 2.00 bits per heavy atom. The molecule has 0 N–H and O–H groups in total. The van der Waals surface area contributed by atoms with Gasteiger partial charge < -0.3 is 0 Å². The van der Waals surface area contributed by atoms with Gasteiger partial charge in [-0.1, -0.05) is 37.0 Å². The van der Waals surface area contributed by atoms with Gasteiger partial charge in [-0.3, -0.25) is 0 Å². The van der Waals surface area contributed by atoms with Crippen LogP contribution in [0.4, 0.5) is 8.78 Å². The molecular weight excluding hydrogens is 243 g/mol. The Labute approximate surface area is 97.4 Å². The van der Waals surface area contributed by atoms with Crippen LogP contribution in [0.5, 0.6) is 0 Å². The molecule has 1 nitrogen and oxygen atoms in total. The number of hydrogen-bond donors (Lipinski definition) is 0. The van der Waals surface area contributed by atoms with Crippen molar-refractivity contribution in [3.63, 3.8) is 0 Å². The summed E-state index contributed by atoms with van der Waals surface area (Å²) in [6.45, 7) is 4.02. The molecule has 84 valence electrons. The number of rotatable bonds is 3. The van der Waals surface area contributed by atoms with Crippen LogP contribution in [0.15, 0.2) is 0 Å². The smallest absolute Gasteiger partial charge is 0.188 e. The third kappa shape index (κ3) is 3.02. The molecule has 0 unspecified atom stereocenters. The van der Waals surface area contributed by atoms with Gasteiger partial charge in [0.15, 0.2) is 0 Å². The van der Waals surface area contributed by atoms with Gasteiger partial charge in [0.25, 0.3) is 0 Å². The summed E-state index contributed by atoms with van der Waals surface area (Å²) in [6, 6.07) is 0. The van der Waals surface area contributed by atoms with Gasteiger partial charge in [0.05, 0.1) is 0 Å². The van der Waals surface area contributed by atoms with Crippen molar-refractivity contribution in [2.24, 2.45) is 5.92 Å². The lowest BCUT2D eigenvalue weighted by atomic mass is 10.0. The van der Waals surface area contributed by atoms with Gasteiger partial charge in [0, 0.05) is 0 Å². The van der Waals surface area contributed by atoms with E-state index in [1.54, 1.807) is 0 Å². The molecule has 0 spiro atoms. The van der Waals surface area contributed by atoms with E-state index < -0.39 is 11.9 Å². The highest BCUT2D eigenvalue weighted by molar-refractivity contribution is 6.35. The summed E-state index contributed by atoms with van der Waals surface area (Å²) in [7, 11) is 0. The quantitative estimate of drug-likeness (QED) is 0.734. The fourth-order valence-electron chi connectivity index (χ4n) is 1.18. The second-order valence-electron chi connectivity index (χ2n) is 3.73. The lowest BCUT2D eigenvalue weighted by Gasteiger charge is -2.09. The summed E-state index contributed by atoms with van der Waals surface area (Å²) < 4.78 is 26.0. The zero-order valence-electron chi connectivity index (χ0n) is 8.45. The Morgan fingerprint density at radius 2 is 1.60 bits per heavy atom. The normalized spacial score (nSPS) is 11.1. The van der Waals surface area contributed by atoms with E-state index in [1.807, 2.05) is 13.8 Å². The molecule has 15 heavy (non-hydrogen) atoms. The molecule has 0 saturated heterocycles. The highest BCUT2D eigenvalue weighted by Crippen LogP contribution is 2.29. The maximum atomic E-state index is 13.0. The van der Waals surface area contributed by atoms with E-state index in [2.05, 4.69) is 4.98 Å². The minimum absolute atomic E-state index is 0.179. The second-order valence-corrected chi connectivity index (χ2v) is 4.49. The molecule has 0 aliphatic rings. The molecule has 0 aromatic carbocycles. The number of aromatic nitrogens is 1. The van der Waals surface area contributed by atoms with Crippen LogP contribution >= 0.6 is 23.2 Å². The number of hydrogen-bond acceptors (Lipinski definition) is 1. The van der Waals surface area contributed by atoms with Crippen molar-refractivity contribution in [1.29, 1.82) is 0 Å². The highest BCUT2D eigenvalue weighted by Gasteiger charge is 2.17. The average Bonchev–Trinajstić information content (AvgIpc) is 2.14. The largest absolute Gasteiger partial charge is 0.234 e. The van der Waals surface area contributed by atoms with Crippen LogP contribution in [0.1, 0.15) is 25.8 Å². The molecule has 0 radical (unpaired) electrons. The first kappa shape index (κ1) is 12.7. The topological polar surface area (TPSA) is 12.9 Å². The van der Waals surface area contributed by atoms with Gasteiger partial charge in [0.1, 0.15) is 10.0 Å². The molecule has 1 rings (SSSR count). The predicted molar refractivity (Wildman–Crippen MR) is 57.3 cm³/mol. The van der Waals surface area contributed by atoms with E-state index in [1.165, 1.54) is 0 Å². The molecule has 1 aromatic rings. The van der Waals surface area contributed by atoms with Crippen molar-refractivity contribution >= 4 is 23.2 Å². The summed E-state index contributed by atoms with van der Waals surface area (Å²) in [5.41, 5.74) is 0.303. The monoisotopic (exact) mass is 253 g/mol. The molecule has 1 heterocycles. The maximum Gasteiger partial charge on any atom is 0.234 e. The van der Waals surface area contributed by atoms with Gasteiger partial charge in [-0.05, 0) is 24.3 Å². The van der Waals surface area contributed by atoms with Crippen molar-refractivity contribution in [3.8, 4) is 0 Å². The summed E-state index contributed by atoms with van der Waals surface area (Å²) in [5, 5.41) is -0.357. The van der Waals surface area contributed by atoms with Crippen LogP contribution in [0.3, 0.4) is 0 Å². The molecule has 0 bridgehead atoms. The molecule has 0 fully saturated rings. The molecule has 0 aliphatic carbocycles. The lowest BCUT2D eigenvalue weighted by molar-refractivity contribution is 0.506. The number of halogens is 4. The van der Waals surface area contributed by atoms with E-state index in [-0.39, 0.29) is 10.0 Å². The number of nitrogens with zero attached hydrogens (tertiary/aromatic N) is 1. The van der Waals surface area contributed by atoms with Crippen molar-refractivity contribution in [2.45, 2.75) is 26.7 Å². The van der Waals surface area contributed by atoms with Crippen LogP contribution in [-0.4, -0.2) is 4.98 Å². The first-order valence-corrected chi connectivity index (χ1v) is 5.38. The summed E-state index contributed by atoms with van der Waals surface area (Å²) >= 11 is 11.3. The highest BCUT2D eigenvalue weighted by atomic mass is 35.5. The Kier molecular flexibility index (Phi) is 4.29. The third-order valence-corrected chi connectivity index (χ3v) is 2.83. The van der Waals surface area contributed by atoms with E-state index in [9.17, 15) is 8.78 Å². The SMILES string of the molecule is CC(C)CCc1c(Cl)c(F)nc(F)c1Cl. The standard InChI is InChI=1S/C10H11Cl2F2N/c1-5(2)3-4-6-7(11)9(13)15-10(14)8(6)12/h5H,3-4H2,1-2H3. The molecule has 0 atom stereocenters. The molecular formula is C10H11Cl2F2N. The Balaban J connectivity index is 3.04. The first-order valence-electron chi connectivity index (χ1n) is 4.62. The fourth-order valence-corrected chi connectivity index (χ4v) is 1.69. The molecule has 1 aromatic heterocycles. The maximum absolute atomic E-state index is 13.0. The van der Waals surface area contributed by atoms with E-state index in [4.69, 9.17) is 23.2 Å². The summed E-state index contributed by atoms with van der Waals surface area (Å²) in [4.78, 5) is 2.96. The van der Waals surface area contributed by atoms with E-state index in [0.717, 1.165) is 6.42 Å². The zero-order chi connectivity index (χ0) is 11.6. The van der Waals surface area contributed by atoms with Gasteiger partial charge in [0.2, 0.25) is 11.9 Å². The van der Waals surface area contributed by atoms with E-state index in [0.29, 0.717) is 17.9 Å². The van der Waals surface area contributed by atoms with E-state index >= 15 is 0 Å². The van der Waals surface area contributed by atoms with Gasteiger partial charge in [-0.25, -0.2) is 0 Å². The van der Waals surface area contributed by atoms with Crippen LogP contribution in [0, 0.1) is 17.8 Å². The summed E-state index contributed by atoms with van der Waals surface area (Å²) in [6.07, 6.45) is 1.22. The first-order chi connectivity index (χ1) is 6.93. The van der Waals surface area contributed by atoms with Crippen molar-refractivity contribution in [1.82, 2.24) is 4.98 Å². The van der Waals surface area contributed by atoms with Gasteiger partial charge >= 0.3 is 0 Å². The third-order valence-electron chi connectivity index (χ3n) is 2.06. The minimum Gasteiger partial charge on any atom is -0.188 e. The lowest BCUT2D eigenvalue weighted by Crippen LogP contribution is -2.01. The van der Waals surface area contributed by atoms with Gasteiger partial charge in [-0.2, -0.15) is 13.8 Å². The average molecular weight is 254 g/mol. The Hall–Kier alpha value is -0.410. The number of pyridine rings is 1. The van der Waals surface area contributed by atoms with Crippen molar-refractivity contribution in [2.75, 3.05) is 0 Å². The predicted octanol–water partition coefficient (Wildman–Crippen LogP) is 4.26. The van der Waals surface area contributed by atoms with Crippen molar-refractivity contribution in [3.05, 3.63) is 27.5 Å². The fraction of sp³-hybridized carbons (Fsp3) is 0.500. The molecule has 0 saturated carbocycles. The van der Waals surface area contributed by atoms with Crippen LogP contribution < -0.4 is 0 Å². The second kappa shape index (κ2) is 5.08. The Morgan fingerprint density at radius 1 is 1.13 bits per heavy atom. The van der Waals surface area contributed by atoms with Crippen LogP contribution in [0.25, 0.3) is 0 Å². The van der Waals surface area contributed by atoms with Crippen LogP contribution in [-0.2, 0) is 6.42 Å². The molecule has 0 amide bonds. The summed E-state index contributed by atoms with van der Waals surface area (Å²) in [5.74, 6) is -1.59. The van der Waals surface area contributed by atoms with Crippen molar-refractivity contribution < 1.29 is 8.78 Å². The van der Waals surface area contributed by atoms with Crippen LogP contribution in [0.2, 0.25) is 10.0 Å². The minimum atomic E-state index is -1.00. The Bertz CT molecular complexity index is 341. The van der Waals surface area contributed by atoms with Gasteiger partial charge in [-0.15, -0.1) is 0 Å². The molecule has 5 heteroatoms. The zero-order valence-corrected chi connectivity index (χ0v) is 9.96. The molecule has 0 aliphatic heterocycles.